The van der Waals surface area contributed by atoms with Crippen LogP contribution >= 0.6 is 50.9 Å². The van der Waals surface area contributed by atoms with Gasteiger partial charge in [-0.1, -0.05) is 63.4 Å². The van der Waals surface area contributed by atoms with Crippen LogP contribution in [0.3, 0.4) is 0 Å². The van der Waals surface area contributed by atoms with Crippen LogP contribution in [0, 0.1) is 0 Å². The predicted octanol–water partition coefficient (Wildman–Crippen LogP) is 7.96. The average molecular weight is 604 g/mol. The summed E-state index contributed by atoms with van der Waals surface area (Å²) in [4.78, 5) is 17.6. The number of allylic oxidation sites excluding steroid dienone is 1. The molecule has 1 aliphatic rings. The molecule has 0 spiro atoms. The van der Waals surface area contributed by atoms with E-state index in [-0.39, 0.29) is 5.91 Å². The first-order valence-corrected chi connectivity index (χ1v) is 13.2. The van der Waals surface area contributed by atoms with Gasteiger partial charge in [0.25, 0.3) is 5.91 Å². The molecule has 1 N–H and O–H groups in total. The smallest absolute Gasteiger partial charge is 0.264 e. The van der Waals surface area contributed by atoms with Crippen molar-refractivity contribution < 1.29 is 14.3 Å². The Morgan fingerprint density at radius 3 is 2.67 bits per heavy atom. The van der Waals surface area contributed by atoms with E-state index in [0.717, 1.165) is 21.2 Å². The third-order valence-corrected chi connectivity index (χ3v) is 7.38. The molecule has 0 unspecified atom stereocenters. The second-order valence-electron chi connectivity index (χ2n) is 7.67. The highest BCUT2D eigenvalue weighted by Crippen LogP contribution is 2.37. The number of carbonyl (C=O) groups excluding carboxylic acids is 1. The van der Waals surface area contributed by atoms with Gasteiger partial charge in [-0.15, -0.1) is 6.58 Å². The van der Waals surface area contributed by atoms with Crippen LogP contribution in [0.15, 0.2) is 81.6 Å². The summed E-state index contributed by atoms with van der Waals surface area (Å²) in [7, 11) is 1.59. The molecular formula is C27H21BrCl2N2O3S. The van der Waals surface area contributed by atoms with Crippen LogP contribution < -0.4 is 14.8 Å². The van der Waals surface area contributed by atoms with Crippen LogP contribution in [0.5, 0.6) is 11.5 Å². The highest BCUT2D eigenvalue weighted by Gasteiger charge is 2.25. The molecule has 1 fully saturated rings. The Labute approximate surface area is 232 Å². The first kappa shape index (κ1) is 26.4. The predicted molar refractivity (Wildman–Crippen MR) is 153 cm³/mol. The molecule has 3 aromatic rings. The summed E-state index contributed by atoms with van der Waals surface area (Å²) in [6.07, 6.45) is 4.16. The normalized spacial score (nSPS) is 15.3. The topological polar surface area (TPSA) is 59.9 Å². The monoisotopic (exact) mass is 602 g/mol. The van der Waals surface area contributed by atoms with E-state index in [2.05, 4.69) is 32.8 Å². The van der Waals surface area contributed by atoms with E-state index in [9.17, 15) is 4.79 Å². The molecule has 0 aliphatic carbocycles. The molecular weight excluding hydrogens is 583 g/mol. The van der Waals surface area contributed by atoms with Gasteiger partial charge in [0.2, 0.25) is 0 Å². The van der Waals surface area contributed by atoms with Gasteiger partial charge in [0.05, 0.1) is 27.7 Å². The molecule has 0 aromatic heterocycles. The van der Waals surface area contributed by atoms with Gasteiger partial charge in [0.15, 0.2) is 16.7 Å². The van der Waals surface area contributed by atoms with Gasteiger partial charge in [-0.05, 0) is 71.8 Å². The number of thioether (sulfide) groups is 1. The Kier molecular flexibility index (Phi) is 8.80. The van der Waals surface area contributed by atoms with Crippen molar-refractivity contribution in [3.8, 4) is 11.5 Å². The van der Waals surface area contributed by atoms with Crippen molar-refractivity contribution in [2.75, 3.05) is 7.11 Å². The number of amidine groups is 1. The Morgan fingerprint density at radius 2 is 1.94 bits per heavy atom. The lowest BCUT2D eigenvalue weighted by atomic mass is 10.0. The SMILES string of the molecule is C=CCc1cc(/C=C2\SC(=Nc3cccc(Cl)c3Cl)NC2=O)cc(OC)c1OCc1ccc(Br)cc1. The molecule has 1 saturated heterocycles. The number of benzene rings is 3. The Hall–Kier alpha value is -2.71. The number of amides is 1. The second-order valence-corrected chi connectivity index (χ2v) is 10.4. The molecule has 1 amide bonds. The minimum Gasteiger partial charge on any atom is -0.493 e. The molecule has 5 nitrogen and oxygen atoms in total. The van der Waals surface area contributed by atoms with E-state index in [0.29, 0.717) is 50.3 Å². The van der Waals surface area contributed by atoms with Crippen molar-refractivity contribution in [2.24, 2.45) is 4.99 Å². The quantitative estimate of drug-likeness (QED) is 0.209. The minimum absolute atomic E-state index is 0.253. The van der Waals surface area contributed by atoms with E-state index >= 15 is 0 Å². The summed E-state index contributed by atoms with van der Waals surface area (Å²) in [5.41, 5.74) is 3.20. The molecule has 1 aliphatic heterocycles. The molecule has 3 aromatic carbocycles. The van der Waals surface area contributed by atoms with Crippen molar-refractivity contribution in [3.05, 3.63) is 103 Å². The number of nitrogens with one attached hydrogen (secondary N) is 1. The van der Waals surface area contributed by atoms with Crippen molar-refractivity contribution in [3.63, 3.8) is 0 Å². The number of hydrogen-bond acceptors (Lipinski definition) is 5. The molecule has 36 heavy (non-hydrogen) atoms. The summed E-state index contributed by atoms with van der Waals surface area (Å²) in [6, 6.07) is 16.9. The van der Waals surface area contributed by atoms with Crippen molar-refractivity contribution in [1.82, 2.24) is 5.32 Å². The number of rotatable bonds is 8. The van der Waals surface area contributed by atoms with E-state index in [1.54, 1.807) is 37.5 Å². The molecule has 0 saturated carbocycles. The molecule has 4 rings (SSSR count). The van der Waals surface area contributed by atoms with Gasteiger partial charge in [-0.2, -0.15) is 0 Å². The fraction of sp³-hybridized carbons (Fsp3) is 0.111. The second kappa shape index (κ2) is 12.0. The molecule has 0 atom stereocenters. The average Bonchev–Trinajstić information content (AvgIpc) is 3.20. The molecule has 9 heteroatoms. The van der Waals surface area contributed by atoms with Crippen LogP contribution in [0.4, 0.5) is 5.69 Å². The minimum atomic E-state index is -0.253. The summed E-state index contributed by atoms with van der Waals surface area (Å²) in [5.74, 6) is 0.960. The van der Waals surface area contributed by atoms with Gasteiger partial charge in [-0.3, -0.25) is 4.79 Å². The number of nitrogens with zero attached hydrogens (tertiary/aromatic N) is 1. The number of methoxy groups -OCH3 is 1. The summed E-state index contributed by atoms with van der Waals surface area (Å²) >= 11 is 17.0. The Bertz CT molecular complexity index is 1370. The zero-order valence-electron chi connectivity index (χ0n) is 19.2. The lowest BCUT2D eigenvalue weighted by Gasteiger charge is -2.16. The van der Waals surface area contributed by atoms with E-state index < -0.39 is 0 Å². The standard InChI is InChI=1S/C27H21BrCl2N2O3S/c1-3-5-18-12-17(13-22(34-2)25(18)35-15-16-8-10-19(28)11-9-16)14-23-26(33)32-27(36-23)31-21-7-4-6-20(29)24(21)30/h3-4,6-14H,1,5,15H2,2H3,(H,31,32,33)/b23-14-. The van der Waals surface area contributed by atoms with Crippen molar-refractivity contribution >= 4 is 73.7 Å². The Morgan fingerprint density at radius 1 is 1.17 bits per heavy atom. The first-order chi connectivity index (χ1) is 17.4. The lowest BCUT2D eigenvalue weighted by molar-refractivity contribution is -0.115. The number of halogens is 3. The van der Waals surface area contributed by atoms with Crippen molar-refractivity contribution in [1.29, 1.82) is 0 Å². The fourth-order valence-electron chi connectivity index (χ4n) is 3.45. The highest BCUT2D eigenvalue weighted by atomic mass is 79.9. The first-order valence-electron chi connectivity index (χ1n) is 10.8. The number of aliphatic imine (C=N–C) groups is 1. The summed E-state index contributed by atoms with van der Waals surface area (Å²) in [6.45, 7) is 4.25. The van der Waals surface area contributed by atoms with Gasteiger partial charge < -0.3 is 14.8 Å². The van der Waals surface area contributed by atoms with Crippen molar-refractivity contribution in [2.45, 2.75) is 13.0 Å². The van der Waals surface area contributed by atoms with Crippen LogP contribution in [-0.2, 0) is 17.8 Å². The number of hydrogen-bond donors (Lipinski definition) is 1. The highest BCUT2D eigenvalue weighted by molar-refractivity contribution is 9.10. The fourth-order valence-corrected chi connectivity index (χ4v) is 4.88. The third-order valence-electron chi connectivity index (χ3n) is 5.14. The van der Waals surface area contributed by atoms with Crippen LogP contribution in [0.2, 0.25) is 10.0 Å². The van der Waals surface area contributed by atoms with Crippen LogP contribution in [-0.4, -0.2) is 18.2 Å². The molecule has 184 valence electrons. The van der Waals surface area contributed by atoms with Gasteiger partial charge in [0, 0.05) is 10.0 Å². The van der Waals surface area contributed by atoms with E-state index in [1.807, 2.05) is 36.4 Å². The number of ether oxygens (including phenoxy) is 2. The molecule has 0 radical (unpaired) electrons. The molecule has 1 heterocycles. The van der Waals surface area contributed by atoms with Gasteiger partial charge in [-0.25, -0.2) is 4.99 Å². The zero-order valence-corrected chi connectivity index (χ0v) is 23.1. The third kappa shape index (κ3) is 6.34. The van der Waals surface area contributed by atoms with Crippen LogP contribution in [0.25, 0.3) is 6.08 Å². The number of carbonyl (C=O) groups is 1. The summed E-state index contributed by atoms with van der Waals surface area (Å²) in [5, 5.41) is 3.92. The van der Waals surface area contributed by atoms with Gasteiger partial charge >= 0.3 is 0 Å². The maximum Gasteiger partial charge on any atom is 0.264 e. The van der Waals surface area contributed by atoms with Crippen LogP contribution in [0.1, 0.15) is 16.7 Å². The van der Waals surface area contributed by atoms with E-state index in [4.69, 9.17) is 32.7 Å². The summed E-state index contributed by atoms with van der Waals surface area (Å²) < 4.78 is 12.8. The largest absolute Gasteiger partial charge is 0.493 e. The lowest BCUT2D eigenvalue weighted by Crippen LogP contribution is -2.19. The molecule has 0 bridgehead atoms. The zero-order chi connectivity index (χ0) is 25.7. The van der Waals surface area contributed by atoms with Gasteiger partial charge in [0.1, 0.15) is 6.61 Å². The maximum absolute atomic E-state index is 12.6. The maximum atomic E-state index is 12.6. The van der Waals surface area contributed by atoms with E-state index in [1.165, 1.54) is 11.8 Å². The Balaban J connectivity index is 1.60.